The van der Waals surface area contributed by atoms with E-state index >= 15 is 0 Å². The second-order valence-electron chi connectivity index (χ2n) is 8.40. The number of ether oxygens (including phenoxy) is 1. The topological polar surface area (TPSA) is 94.2 Å². The van der Waals surface area contributed by atoms with Crippen LogP contribution in [-0.2, 0) is 16.1 Å². The number of nitrogens with zero attached hydrogens (tertiary/aromatic N) is 3. The van der Waals surface area contributed by atoms with Crippen molar-refractivity contribution in [3.05, 3.63) is 29.8 Å². The smallest absolute Gasteiger partial charge is 0.337 e. The van der Waals surface area contributed by atoms with E-state index in [0.29, 0.717) is 13.1 Å². The largest absolute Gasteiger partial charge is 0.497 e. The first-order valence-corrected chi connectivity index (χ1v) is 11.1. The molecule has 0 aromatic heterocycles. The minimum Gasteiger partial charge on any atom is -0.497 e. The zero-order valence-corrected chi connectivity index (χ0v) is 18.2. The zero-order valence-electron chi connectivity index (χ0n) is 18.2. The Balaban J connectivity index is 1.42. The highest BCUT2D eigenvalue weighted by atomic mass is 16.5. The van der Waals surface area contributed by atoms with E-state index in [1.807, 2.05) is 31.2 Å². The molecule has 4 rings (SSSR count). The molecule has 31 heavy (non-hydrogen) atoms. The summed E-state index contributed by atoms with van der Waals surface area (Å²) in [4.78, 5) is 42.4. The van der Waals surface area contributed by atoms with Gasteiger partial charge in [0.2, 0.25) is 11.8 Å². The van der Waals surface area contributed by atoms with Gasteiger partial charge in [-0.15, -0.1) is 0 Å². The summed E-state index contributed by atoms with van der Waals surface area (Å²) in [6, 6.07) is 7.15. The van der Waals surface area contributed by atoms with Gasteiger partial charge >= 0.3 is 6.03 Å². The second kappa shape index (κ2) is 9.13. The van der Waals surface area contributed by atoms with Crippen molar-refractivity contribution < 1.29 is 19.1 Å². The summed E-state index contributed by atoms with van der Waals surface area (Å²) in [5.74, 6) is 0.446. The minimum absolute atomic E-state index is 0.0933. The Morgan fingerprint density at radius 2 is 2.06 bits per heavy atom. The molecule has 2 N–H and O–H groups in total. The average molecular weight is 430 g/mol. The van der Waals surface area contributed by atoms with Crippen molar-refractivity contribution in [1.29, 1.82) is 0 Å². The Kier molecular flexibility index (Phi) is 6.31. The molecule has 0 bridgehead atoms. The number of rotatable bonds is 7. The lowest BCUT2D eigenvalue weighted by Crippen LogP contribution is -2.66. The lowest BCUT2D eigenvalue weighted by atomic mass is 9.81. The van der Waals surface area contributed by atoms with E-state index in [4.69, 9.17) is 4.74 Å². The summed E-state index contributed by atoms with van der Waals surface area (Å²) in [6.07, 6.45) is 3.98. The molecule has 168 valence electrons. The summed E-state index contributed by atoms with van der Waals surface area (Å²) >= 11 is 0. The number of hydrogen-bond acceptors (Lipinski definition) is 5. The lowest BCUT2D eigenvalue weighted by Gasteiger charge is -2.48. The van der Waals surface area contributed by atoms with E-state index < -0.39 is 6.29 Å². The SMILES string of the molecule is CCCN1C(=O)C2CCCCC2N2C(=O)N(CC(=O)NCc3cccc(OC)c3)NC12. The van der Waals surface area contributed by atoms with E-state index in [9.17, 15) is 14.4 Å². The number of methoxy groups -OCH3 is 1. The van der Waals surface area contributed by atoms with Gasteiger partial charge < -0.3 is 15.0 Å². The maximum Gasteiger partial charge on any atom is 0.337 e. The molecule has 3 unspecified atom stereocenters. The Morgan fingerprint density at radius 1 is 1.26 bits per heavy atom. The van der Waals surface area contributed by atoms with Crippen molar-refractivity contribution in [2.75, 3.05) is 20.2 Å². The molecule has 9 heteroatoms. The Bertz CT molecular complexity index is 847. The maximum atomic E-state index is 13.2. The molecular formula is C22H31N5O4. The van der Waals surface area contributed by atoms with Crippen LogP contribution in [0.4, 0.5) is 4.79 Å². The van der Waals surface area contributed by atoms with Crippen LogP contribution in [0, 0.1) is 5.92 Å². The van der Waals surface area contributed by atoms with Gasteiger partial charge in [0.05, 0.1) is 13.0 Å². The number of carbonyl (C=O) groups is 3. The van der Waals surface area contributed by atoms with Crippen LogP contribution in [0.2, 0.25) is 0 Å². The van der Waals surface area contributed by atoms with Crippen molar-refractivity contribution in [1.82, 2.24) is 25.6 Å². The van der Waals surface area contributed by atoms with Gasteiger partial charge in [-0.05, 0) is 37.0 Å². The molecule has 0 radical (unpaired) electrons. The van der Waals surface area contributed by atoms with Gasteiger partial charge in [0, 0.05) is 19.1 Å². The number of nitrogens with one attached hydrogen (secondary N) is 2. The van der Waals surface area contributed by atoms with Gasteiger partial charge in [-0.25, -0.2) is 9.80 Å². The van der Waals surface area contributed by atoms with E-state index in [1.165, 1.54) is 5.01 Å². The minimum atomic E-state index is -0.509. The lowest BCUT2D eigenvalue weighted by molar-refractivity contribution is -0.156. The summed E-state index contributed by atoms with van der Waals surface area (Å²) in [5.41, 5.74) is 4.03. The molecule has 1 aliphatic carbocycles. The summed E-state index contributed by atoms with van der Waals surface area (Å²) in [7, 11) is 1.60. The second-order valence-corrected chi connectivity index (χ2v) is 8.40. The van der Waals surface area contributed by atoms with Gasteiger partial charge in [0.25, 0.3) is 0 Å². The number of amides is 4. The van der Waals surface area contributed by atoms with E-state index in [2.05, 4.69) is 10.7 Å². The van der Waals surface area contributed by atoms with Crippen LogP contribution in [0.25, 0.3) is 0 Å². The van der Waals surface area contributed by atoms with Crippen LogP contribution < -0.4 is 15.5 Å². The van der Waals surface area contributed by atoms with Crippen LogP contribution in [0.3, 0.4) is 0 Å². The first kappa shape index (κ1) is 21.4. The molecule has 3 aliphatic rings. The summed E-state index contributed by atoms with van der Waals surface area (Å²) in [5, 5.41) is 4.20. The number of hydrazine groups is 1. The normalized spacial score (nSPS) is 25.4. The van der Waals surface area contributed by atoms with Crippen LogP contribution in [0.5, 0.6) is 5.75 Å². The van der Waals surface area contributed by atoms with E-state index in [1.54, 1.807) is 16.9 Å². The number of benzene rings is 1. The molecule has 1 saturated carbocycles. The highest BCUT2D eigenvalue weighted by Gasteiger charge is 2.54. The third-order valence-corrected chi connectivity index (χ3v) is 6.36. The third kappa shape index (κ3) is 4.19. The predicted octanol–water partition coefficient (Wildman–Crippen LogP) is 1.65. The molecule has 0 spiro atoms. The third-order valence-electron chi connectivity index (χ3n) is 6.36. The van der Waals surface area contributed by atoms with Gasteiger partial charge in [-0.2, -0.15) is 5.43 Å². The predicted molar refractivity (Wildman–Crippen MR) is 113 cm³/mol. The van der Waals surface area contributed by atoms with E-state index in [0.717, 1.165) is 43.4 Å². The monoisotopic (exact) mass is 429 g/mol. The zero-order chi connectivity index (χ0) is 22.0. The standard InChI is InChI=1S/C22H31N5O4/c1-3-11-25-20(29)17-9-4-5-10-18(17)27-21(25)24-26(22(27)30)14-19(28)23-13-15-7-6-8-16(12-15)31-2/h6-8,12,17-18,21,24H,3-5,9-11,13-14H2,1-2H3,(H,23,28). The summed E-state index contributed by atoms with van der Waals surface area (Å²) < 4.78 is 5.21. The highest BCUT2D eigenvalue weighted by Crippen LogP contribution is 2.38. The molecule has 9 nitrogen and oxygen atoms in total. The molecule has 3 atom stereocenters. The molecular weight excluding hydrogens is 398 g/mol. The number of fused-ring (bicyclic) bond motifs is 3. The van der Waals surface area contributed by atoms with Crippen LogP contribution in [0.1, 0.15) is 44.6 Å². The maximum absolute atomic E-state index is 13.2. The Labute approximate surface area is 182 Å². The summed E-state index contributed by atoms with van der Waals surface area (Å²) in [6.45, 7) is 2.84. The van der Waals surface area contributed by atoms with Crippen molar-refractivity contribution in [2.45, 2.75) is 57.9 Å². The molecule has 2 saturated heterocycles. The van der Waals surface area contributed by atoms with Gasteiger partial charge in [-0.1, -0.05) is 31.9 Å². The molecule has 2 aliphatic heterocycles. The van der Waals surface area contributed by atoms with Gasteiger partial charge in [0.15, 0.2) is 6.29 Å². The van der Waals surface area contributed by atoms with Gasteiger partial charge in [0.1, 0.15) is 12.3 Å². The molecule has 4 amide bonds. The first-order valence-electron chi connectivity index (χ1n) is 11.1. The van der Waals surface area contributed by atoms with Crippen LogP contribution in [-0.4, -0.2) is 65.2 Å². The van der Waals surface area contributed by atoms with Crippen molar-refractivity contribution in [2.24, 2.45) is 5.92 Å². The van der Waals surface area contributed by atoms with Crippen molar-refractivity contribution >= 4 is 17.8 Å². The fourth-order valence-electron chi connectivity index (χ4n) is 4.88. The first-order chi connectivity index (χ1) is 15.0. The van der Waals surface area contributed by atoms with Gasteiger partial charge in [-0.3, -0.25) is 14.5 Å². The average Bonchev–Trinajstić information content (AvgIpc) is 3.11. The van der Waals surface area contributed by atoms with Crippen molar-refractivity contribution in [3.63, 3.8) is 0 Å². The fraction of sp³-hybridized carbons (Fsp3) is 0.591. The molecule has 1 aromatic carbocycles. The number of urea groups is 1. The fourth-order valence-corrected chi connectivity index (χ4v) is 4.88. The Morgan fingerprint density at radius 3 is 2.84 bits per heavy atom. The molecule has 1 aromatic rings. The van der Waals surface area contributed by atoms with Crippen molar-refractivity contribution in [3.8, 4) is 5.75 Å². The van der Waals surface area contributed by atoms with E-state index in [-0.39, 0.29) is 36.3 Å². The Hall–Kier alpha value is -2.81. The van der Waals surface area contributed by atoms with Crippen LogP contribution in [0.15, 0.2) is 24.3 Å². The van der Waals surface area contributed by atoms with Crippen LogP contribution >= 0.6 is 0 Å². The highest BCUT2D eigenvalue weighted by molar-refractivity contribution is 5.88. The number of carbonyl (C=O) groups excluding carboxylic acids is 3. The molecule has 2 heterocycles. The molecule has 3 fully saturated rings. The number of hydrogen-bond donors (Lipinski definition) is 2. The quantitative estimate of drug-likeness (QED) is 0.687.